The third-order valence-corrected chi connectivity index (χ3v) is 4.28. The predicted molar refractivity (Wildman–Crippen MR) is 70.9 cm³/mol. The summed E-state index contributed by atoms with van der Waals surface area (Å²) in [6, 6.07) is 7.14. The van der Waals surface area contributed by atoms with E-state index in [1.807, 2.05) is 6.07 Å². The predicted octanol–water partition coefficient (Wildman–Crippen LogP) is 3.19. The molecular weight excluding hydrogens is 306 g/mol. The molecule has 0 heterocycles. The van der Waals surface area contributed by atoms with Gasteiger partial charge in [-0.2, -0.15) is 0 Å². The minimum atomic E-state index is -2.73. The fourth-order valence-corrected chi connectivity index (χ4v) is 2.70. The molecule has 0 aromatic heterocycles. The van der Waals surface area contributed by atoms with Crippen molar-refractivity contribution < 1.29 is 13.7 Å². The van der Waals surface area contributed by atoms with Gasteiger partial charge in [0.2, 0.25) is 0 Å². The van der Waals surface area contributed by atoms with E-state index in [1.54, 1.807) is 25.1 Å². The highest BCUT2D eigenvalue weighted by Gasteiger charge is 2.10. The highest BCUT2D eigenvalue weighted by molar-refractivity contribution is 9.08. The van der Waals surface area contributed by atoms with Crippen molar-refractivity contribution in [3.63, 3.8) is 0 Å². The topological polar surface area (TPSA) is 55.7 Å². The van der Waals surface area contributed by atoms with E-state index in [9.17, 15) is 9.00 Å². The van der Waals surface area contributed by atoms with Crippen molar-refractivity contribution in [2.75, 3.05) is 12.9 Å². The summed E-state index contributed by atoms with van der Waals surface area (Å²) >= 11 is 3.32. The third-order valence-electron chi connectivity index (χ3n) is 2.01. The Morgan fingerprint density at radius 2 is 2.24 bits per heavy atom. The molecule has 1 atom stereocenters. The van der Waals surface area contributed by atoms with Gasteiger partial charge in [0, 0.05) is 16.5 Å². The second kappa shape index (κ2) is 6.16. The van der Waals surface area contributed by atoms with Crippen LogP contribution in [0.5, 0.6) is 0 Å². The zero-order valence-corrected chi connectivity index (χ0v) is 12.1. The molecule has 0 aliphatic carbocycles. The lowest BCUT2D eigenvalue weighted by Crippen LogP contribution is -2.05. The lowest BCUT2D eigenvalue weighted by Gasteiger charge is -2.05. The molecule has 0 saturated carbocycles. The number of nitrogens with zero attached hydrogens (tertiary/aromatic N) is 1. The van der Waals surface area contributed by atoms with Crippen LogP contribution in [0.25, 0.3) is 0 Å². The summed E-state index contributed by atoms with van der Waals surface area (Å²) in [5, 5.41) is 0.662. The fourth-order valence-electron chi connectivity index (χ4n) is 1.21. The Morgan fingerprint density at radius 1 is 1.53 bits per heavy atom. The minimum absolute atomic E-state index is 0.222. The molecule has 1 unspecified atom stereocenters. The number of hydrogen-bond acceptors (Lipinski definition) is 3. The standard InChI is InChI=1S/C11H14BrNO3S/c1-3-16-11(14)13-17(2,15)10-6-4-5-9(7-10)8-12/h4-7H,3,8H2,1-2H3. The number of halogens is 1. The number of ether oxygens (including phenoxy) is 1. The van der Waals surface area contributed by atoms with Crippen LogP contribution in [0.1, 0.15) is 12.5 Å². The molecule has 1 aromatic rings. The summed E-state index contributed by atoms with van der Waals surface area (Å²) in [5.41, 5.74) is 0.983. The molecule has 0 aliphatic heterocycles. The Balaban J connectivity index is 3.12. The molecule has 1 aromatic carbocycles. The summed E-state index contributed by atoms with van der Waals surface area (Å²) in [6.45, 7) is 1.90. The van der Waals surface area contributed by atoms with Gasteiger partial charge in [-0.15, -0.1) is 4.36 Å². The molecule has 1 amide bonds. The maximum absolute atomic E-state index is 12.3. The Morgan fingerprint density at radius 3 is 2.82 bits per heavy atom. The molecule has 94 valence electrons. The van der Waals surface area contributed by atoms with Gasteiger partial charge in [0.25, 0.3) is 0 Å². The van der Waals surface area contributed by atoms with E-state index >= 15 is 0 Å². The average molecular weight is 320 g/mol. The van der Waals surface area contributed by atoms with Crippen LogP contribution < -0.4 is 0 Å². The summed E-state index contributed by atoms with van der Waals surface area (Å²) in [5.74, 6) is 0. The number of alkyl halides is 1. The molecule has 4 nitrogen and oxygen atoms in total. The van der Waals surface area contributed by atoms with Crippen molar-refractivity contribution in [1.29, 1.82) is 0 Å². The highest BCUT2D eigenvalue weighted by atomic mass is 79.9. The second-order valence-electron chi connectivity index (χ2n) is 3.37. The molecule has 0 saturated heterocycles. The van der Waals surface area contributed by atoms with Crippen LogP contribution in [-0.4, -0.2) is 23.2 Å². The Bertz CT molecular complexity index is 521. The van der Waals surface area contributed by atoms with Crippen LogP contribution in [0.3, 0.4) is 0 Å². The first-order chi connectivity index (χ1) is 7.99. The molecule has 0 N–H and O–H groups in total. The zero-order valence-electron chi connectivity index (χ0n) is 9.68. The van der Waals surface area contributed by atoms with Gasteiger partial charge in [-0.1, -0.05) is 28.1 Å². The number of hydrogen-bond donors (Lipinski definition) is 0. The van der Waals surface area contributed by atoms with Gasteiger partial charge in [0.15, 0.2) is 0 Å². The minimum Gasteiger partial charge on any atom is -0.448 e. The van der Waals surface area contributed by atoms with Crippen molar-refractivity contribution >= 4 is 31.8 Å². The number of carbonyl (C=O) groups is 1. The maximum atomic E-state index is 12.3. The lowest BCUT2D eigenvalue weighted by molar-refractivity contribution is 0.164. The monoisotopic (exact) mass is 319 g/mol. The van der Waals surface area contributed by atoms with Crippen molar-refractivity contribution in [2.45, 2.75) is 17.1 Å². The summed E-state index contributed by atoms with van der Waals surface area (Å²) in [6.07, 6.45) is 0.640. The van der Waals surface area contributed by atoms with Crippen LogP contribution in [0.15, 0.2) is 33.5 Å². The van der Waals surface area contributed by atoms with Gasteiger partial charge in [0.05, 0.1) is 16.3 Å². The molecule has 17 heavy (non-hydrogen) atoms. The zero-order chi connectivity index (χ0) is 12.9. The molecule has 0 spiro atoms. The van der Waals surface area contributed by atoms with E-state index in [1.165, 1.54) is 6.26 Å². The lowest BCUT2D eigenvalue weighted by atomic mass is 10.2. The number of rotatable bonds is 3. The van der Waals surface area contributed by atoms with Gasteiger partial charge >= 0.3 is 6.09 Å². The molecular formula is C11H14BrNO3S. The van der Waals surface area contributed by atoms with Gasteiger partial charge in [-0.25, -0.2) is 9.00 Å². The Kier molecular flexibility index (Phi) is 5.14. The van der Waals surface area contributed by atoms with E-state index in [0.29, 0.717) is 10.2 Å². The smallest absolute Gasteiger partial charge is 0.442 e. The van der Waals surface area contributed by atoms with Crippen molar-refractivity contribution in [3.05, 3.63) is 29.8 Å². The summed E-state index contributed by atoms with van der Waals surface area (Å²) in [4.78, 5) is 11.7. The molecule has 0 fully saturated rings. The number of benzene rings is 1. The fraction of sp³-hybridized carbons (Fsp3) is 0.364. The van der Waals surface area contributed by atoms with Crippen LogP contribution in [0, 0.1) is 0 Å². The summed E-state index contributed by atoms with van der Waals surface area (Å²) in [7, 11) is -2.73. The second-order valence-corrected chi connectivity index (χ2v) is 6.19. The Hall–Kier alpha value is -0.880. The van der Waals surface area contributed by atoms with Gasteiger partial charge in [0.1, 0.15) is 0 Å². The van der Waals surface area contributed by atoms with E-state index in [2.05, 4.69) is 25.0 Å². The van der Waals surface area contributed by atoms with Gasteiger partial charge in [-0.3, -0.25) is 0 Å². The normalized spacial score (nSPS) is 13.8. The van der Waals surface area contributed by atoms with Crippen LogP contribution in [-0.2, 0) is 19.8 Å². The first kappa shape index (κ1) is 14.2. The van der Waals surface area contributed by atoms with E-state index < -0.39 is 15.8 Å². The summed E-state index contributed by atoms with van der Waals surface area (Å²) < 4.78 is 20.5. The molecule has 0 radical (unpaired) electrons. The number of amides is 1. The Labute approximate surface area is 110 Å². The first-order valence-corrected chi connectivity index (χ1v) is 8.08. The van der Waals surface area contributed by atoms with Crippen LogP contribution in [0.4, 0.5) is 4.79 Å². The molecule has 6 heteroatoms. The number of carbonyl (C=O) groups excluding carboxylic acids is 1. The van der Waals surface area contributed by atoms with E-state index in [-0.39, 0.29) is 6.61 Å². The first-order valence-electron chi connectivity index (χ1n) is 5.03. The van der Waals surface area contributed by atoms with Crippen LogP contribution in [0.2, 0.25) is 0 Å². The highest BCUT2D eigenvalue weighted by Crippen LogP contribution is 2.15. The van der Waals surface area contributed by atoms with Crippen molar-refractivity contribution in [2.24, 2.45) is 4.36 Å². The quantitative estimate of drug-likeness (QED) is 0.804. The molecule has 0 bridgehead atoms. The van der Waals surface area contributed by atoms with Gasteiger partial charge < -0.3 is 4.74 Å². The van der Waals surface area contributed by atoms with Crippen LogP contribution >= 0.6 is 15.9 Å². The van der Waals surface area contributed by atoms with Crippen molar-refractivity contribution in [1.82, 2.24) is 0 Å². The van der Waals surface area contributed by atoms with Crippen molar-refractivity contribution in [3.8, 4) is 0 Å². The third kappa shape index (κ3) is 4.12. The maximum Gasteiger partial charge on any atom is 0.442 e. The average Bonchev–Trinajstić information content (AvgIpc) is 2.28. The SMILES string of the molecule is CCOC(=O)N=S(C)(=O)c1cccc(CBr)c1. The van der Waals surface area contributed by atoms with Gasteiger partial charge in [-0.05, 0) is 24.6 Å². The van der Waals surface area contributed by atoms with E-state index in [0.717, 1.165) is 5.56 Å². The van der Waals surface area contributed by atoms with E-state index in [4.69, 9.17) is 0 Å². The largest absolute Gasteiger partial charge is 0.448 e. The molecule has 0 aliphatic rings. The molecule has 1 rings (SSSR count).